The SMILES string of the molecule is CN=C(NCCc1cccc(C(=O)N(C)C)c1)NCCC(c1ccccc1)c1ccccc1. The fourth-order valence-corrected chi connectivity index (χ4v) is 3.90. The van der Waals surface area contributed by atoms with Crippen molar-refractivity contribution in [1.82, 2.24) is 15.5 Å². The lowest BCUT2D eigenvalue weighted by Gasteiger charge is -2.19. The van der Waals surface area contributed by atoms with E-state index in [0.717, 1.165) is 37.5 Å². The van der Waals surface area contributed by atoms with Crippen molar-refractivity contribution in [2.45, 2.75) is 18.8 Å². The Balaban J connectivity index is 1.52. The average molecular weight is 443 g/mol. The molecule has 0 aliphatic rings. The molecule has 3 aromatic rings. The summed E-state index contributed by atoms with van der Waals surface area (Å²) in [5, 5.41) is 6.83. The van der Waals surface area contributed by atoms with Crippen LogP contribution in [-0.2, 0) is 6.42 Å². The summed E-state index contributed by atoms with van der Waals surface area (Å²) >= 11 is 0. The molecule has 0 aliphatic carbocycles. The van der Waals surface area contributed by atoms with Gasteiger partial charge in [0.15, 0.2) is 5.96 Å². The van der Waals surface area contributed by atoms with Gasteiger partial charge < -0.3 is 15.5 Å². The second-order valence-corrected chi connectivity index (χ2v) is 8.24. The van der Waals surface area contributed by atoms with Crippen molar-refractivity contribution in [1.29, 1.82) is 0 Å². The van der Waals surface area contributed by atoms with E-state index in [1.165, 1.54) is 11.1 Å². The van der Waals surface area contributed by atoms with Gasteiger partial charge in [-0.1, -0.05) is 72.8 Å². The molecule has 2 N–H and O–H groups in total. The number of hydrogen-bond donors (Lipinski definition) is 2. The minimum Gasteiger partial charge on any atom is -0.356 e. The molecular weight excluding hydrogens is 408 g/mol. The number of aliphatic imine (C=N–C) groups is 1. The van der Waals surface area contributed by atoms with Crippen LogP contribution in [0, 0.1) is 0 Å². The Labute approximate surface area is 197 Å². The van der Waals surface area contributed by atoms with Crippen LogP contribution in [0.3, 0.4) is 0 Å². The van der Waals surface area contributed by atoms with Crippen LogP contribution < -0.4 is 10.6 Å². The molecule has 0 spiro atoms. The third-order valence-electron chi connectivity index (χ3n) is 5.64. The molecule has 0 fully saturated rings. The van der Waals surface area contributed by atoms with Gasteiger partial charge in [0.25, 0.3) is 5.91 Å². The van der Waals surface area contributed by atoms with Crippen LogP contribution in [0.2, 0.25) is 0 Å². The van der Waals surface area contributed by atoms with Gasteiger partial charge >= 0.3 is 0 Å². The zero-order valence-electron chi connectivity index (χ0n) is 19.8. The monoisotopic (exact) mass is 442 g/mol. The number of nitrogens with zero attached hydrogens (tertiary/aromatic N) is 2. The first kappa shape index (κ1) is 24.1. The summed E-state index contributed by atoms with van der Waals surface area (Å²) in [5.74, 6) is 1.14. The first-order valence-corrected chi connectivity index (χ1v) is 11.4. The van der Waals surface area contributed by atoms with Gasteiger partial charge in [0.1, 0.15) is 0 Å². The van der Waals surface area contributed by atoms with Crippen molar-refractivity contribution in [3.05, 3.63) is 107 Å². The van der Waals surface area contributed by atoms with Crippen molar-refractivity contribution in [3.63, 3.8) is 0 Å². The molecule has 33 heavy (non-hydrogen) atoms. The van der Waals surface area contributed by atoms with Gasteiger partial charge in [-0.3, -0.25) is 9.79 Å². The second kappa shape index (κ2) is 12.4. The topological polar surface area (TPSA) is 56.7 Å². The van der Waals surface area contributed by atoms with Crippen LogP contribution in [0.5, 0.6) is 0 Å². The van der Waals surface area contributed by atoms with Gasteiger partial charge in [0.2, 0.25) is 0 Å². The second-order valence-electron chi connectivity index (χ2n) is 8.24. The Morgan fingerprint density at radius 2 is 1.45 bits per heavy atom. The van der Waals surface area contributed by atoms with E-state index < -0.39 is 0 Å². The van der Waals surface area contributed by atoms with Gasteiger partial charge in [0.05, 0.1) is 0 Å². The number of amides is 1. The molecule has 0 radical (unpaired) electrons. The average Bonchev–Trinajstić information content (AvgIpc) is 2.86. The van der Waals surface area contributed by atoms with E-state index >= 15 is 0 Å². The molecule has 0 unspecified atom stereocenters. The van der Waals surface area contributed by atoms with Gasteiger partial charge in [0, 0.05) is 45.7 Å². The van der Waals surface area contributed by atoms with Gasteiger partial charge in [-0.05, 0) is 41.7 Å². The number of nitrogens with one attached hydrogen (secondary N) is 2. The van der Waals surface area contributed by atoms with Crippen LogP contribution in [0.1, 0.15) is 39.4 Å². The van der Waals surface area contributed by atoms with Crippen LogP contribution >= 0.6 is 0 Å². The Morgan fingerprint density at radius 1 is 0.848 bits per heavy atom. The van der Waals surface area contributed by atoms with Crippen LogP contribution in [-0.4, -0.2) is 51.0 Å². The molecule has 3 aromatic carbocycles. The van der Waals surface area contributed by atoms with E-state index in [1.807, 2.05) is 18.2 Å². The van der Waals surface area contributed by atoms with Crippen molar-refractivity contribution >= 4 is 11.9 Å². The Bertz CT molecular complexity index is 993. The molecule has 1 amide bonds. The molecule has 0 heterocycles. The van der Waals surface area contributed by atoms with Crippen molar-refractivity contribution in [2.24, 2.45) is 4.99 Å². The lowest BCUT2D eigenvalue weighted by Crippen LogP contribution is -2.39. The summed E-state index contributed by atoms with van der Waals surface area (Å²) in [7, 11) is 5.33. The van der Waals surface area contributed by atoms with E-state index in [0.29, 0.717) is 11.5 Å². The molecular formula is C28H34N4O. The molecule has 0 bridgehead atoms. The van der Waals surface area contributed by atoms with Gasteiger partial charge in [-0.25, -0.2) is 0 Å². The highest BCUT2D eigenvalue weighted by atomic mass is 16.2. The molecule has 0 aromatic heterocycles. The molecule has 5 heteroatoms. The van der Waals surface area contributed by atoms with E-state index in [4.69, 9.17) is 0 Å². The smallest absolute Gasteiger partial charge is 0.253 e. The first-order valence-electron chi connectivity index (χ1n) is 11.4. The largest absolute Gasteiger partial charge is 0.356 e. The zero-order valence-corrected chi connectivity index (χ0v) is 19.8. The van der Waals surface area contributed by atoms with Gasteiger partial charge in [-0.2, -0.15) is 0 Å². The maximum absolute atomic E-state index is 12.2. The van der Waals surface area contributed by atoms with Crippen molar-refractivity contribution < 1.29 is 4.79 Å². The van der Waals surface area contributed by atoms with E-state index in [2.05, 4.69) is 82.4 Å². The standard InChI is InChI=1S/C28H34N4O/c1-29-28(30-19-17-22-11-10-16-25(21-22)27(33)32(2)3)31-20-18-26(23-12-6-4-7-13-23)24-14-8-5-9-15-24/h4-16,21,26H,17-20H2,1-3H3,(H2,29,30,31). The lowest BCUT2D eigenvalue weighted by molar-refractivity contribution is 0.0827. The van der Waals surface area contributed by atoms with Crippen LogP contribution in [0.15, 0.2) is 89.9 Å². The lowest BCUT2D eigenvalue weighted by atomic mass is 9.88. The quantitative estimate of drug-likeness (QED) is 0.383. The highest BCUT2D eigenvalue weighted by Gasteiger charge is 2.14. The summed E-state index contributed by atoms with van der Waals surface area (Å²) in [6.07, 6.45) is 1.77. The summed E-state index contributed by atoms with van der Waals surface area (Å²) in [4.78, 5) is 18.1. The fourth-order valence-electron chi connectivity index (χ4n) is 3.90. The molecule has 5 nitrogen and oxygen atoms in total. The van der Waals surface area contributed by atoms with E-state index in [9.17, 15) is 4.79 Å². The third-order valence-corrected chi connectivity index (χ3v) is 5.64. The van der Waals surface area contributed by atoms with Crippen LogP contribution in [0.4, 0.5) is 0 Å². The first-order chi connectivity index (χ1) is 16.1. The number of carbonyl (C=O) groups is 1. The Morgan fingerprint density at radius 3 is 2.03 bits per heavy atom. The molecule has 0 saturated carbocycles. The predicted octanol–water partition coefficient (Wildman–Crippen LogP) is 4.32. The molecule has 0 aliphatic heterocycles. The number of rotatable bonds is 9. The molecule has 172 valence electrons. The number of guanidine groups is 1. The number of benzene rings is 3. The zero-order chi connectivity index (χ0) is 23.5. The highest BCUT2D eigenvalue weighted by Crippen LogP contribution is 2.27. The summed E-state index contributed by atoms with van der Waals surface area (Å²) in [6.45, 7) is 1.54. The summed E-state index contributed by atoms with van der Waals surface area (Å²) < 4.78 is 0. The maximum atomic E-state index is 12.2. The van der Waals surface area contributed by atoms with E-state index in [1.54, 1.807) is 26.0 Å². The summed E-state index contributed by atoms with van der Waals surface area (Å²) in [5.41, 5.74) is 4.48. The highest BCUT2D eigenvalue weighted by molar-refractivity contribution is 5.94. The minimum atomic E-state index is 0.0219. The molecule has 3 rings (SSSR count). The Kier molecular flexibility index (Phi) is 9.07. The number of hydrogen-bond acceptors (Lipinski definition) is 2. The normalized spacial score (nSPS) is 11.3. The van der Waals surface area contributed by atoms with Crippen molar-refractivity contribution in [2.75, 3.05) is 34.2 Å². The van der Waals surface area contributed by atoms with E-state index in [-0.39, 0.29) is 5.91 Å². The fraction of sp³-hybridized carbons (Fsp3) is 0.286. The number of carbonyl (C=O) groups excluding carboxylic acids is 1. The minimum absolute atomic E-state index is 0.0219. The molecule has 0 atom stereocenters. The van der Waals surface area contributed by atoms with Crippen molar-refractivity contribution in [3.8, 4) is 0 Å². The third kappa shape index (κ3) is 7.21. The predicted molar refractivity (Wildman–Crippen MR) is 137 cm³/mol. The van der Waals surface area contributed by atoms with Gasteiger partial charge in [-0.15, -0.1) is 0 Å². The maximum Gasteiger partial charge on any atom is 0.253 e. The molecule has 0 saturated heterocycles. The summed E-state index contributed by atoms with van der Waals surface area (Å²) in [6, 6.07) is 29.1. The Hall–Kier alpha value is -3.60. The van der Waals surface area contributed by atoms with Crippen LogP contribution in [0.25, 0.3) is 0 Å².